The first-order chi connectivity index (χ1) is 6.72. The average Bonchev–Trinajstić information content (AvgIpc) is 2.67. The third-order valence-electron chi connectivity index (χ3n) is 3.51. The predicted octanol–water partition coefficient (Wildman–Crippen LogP) is 1.59. The quantitative estimate of drug-likeness (QED) is 0.626. The molecular formula is C11H19N2O. The minimum Gasteiger partial charge on any atom is -0.341 e. The Morgan fingerprint density at radius 1 is 1.00 bits per heavy atom. The van der Waals surface area contributed by atoms with E-state index in [0.717, 1.165) is 51.6 Å². The number of nitrogens with one attached hydrogen (secondary N) is 1. The van der Waals surface area contributed by atoms with E-state index < -0.39 is 5.54 Å². The molecule has 14 heavy (non-hydrogen) atoms. The number of likely N-dealkylation sites (tertiary alicyclic amines) is 1. The molecule has 79 valence electrons. The van der Waals surface area contributed by atoms with Crippen molar-refractivity contribution in [1.82, 2.24) is 10.6 Å². The second kappa shape index (κ2) is 3.89. The van der Waals surface area contributed by atoms with Crippen LogP contribution >= 0.6 is 0 Å². The minimum atomic E-state index is -0.753. The highest BCUT2D eigenvalue weighted by molar-refractivity contribution is 5.86. The van der Waals surface area contributed by atoms with Crippen molar-refractivity contribution in [2.75, 3.05) is 13.1 Å². The molecule has 3 nitrogen and oxygen atoms in total. The summed E-state index contributed by atoms with van der Waals surface area (Å²) in [7, 11) is 0. The summed E-state index contributed by atoms with van der Waals surface area (Å²) in [4.78, 5) is 14.0. The summed E-state index contributed by atoms with van der Waals surface area (Å²) in [5.41, 5.74) is 7.38. The van der Waals surface area contributed by atoms with Gasteiger partial charge in [-0.05, 0) is 32.1 Å². The molecule has 1 heterocycles. The topological polar surface area (TPSA) is 44.1 Å². The lowest BCUT2D eigenvalue weighted by atomic mass is 9.96. The number of rotatable bonds is 1. The van der Waals surface area contributed by atoms with E-state index in [1.807, 2.05) is 4.90 Å². The van der Waals surface area contributed by atoms with Gasteiger partial charge in [-0.15, -0.1) is 0 Å². The first-order valence-corrected chi connectivity index (χ1v) is 5.77. The van der Waals surface area contributed by atoms with Crippen LogP contribution in [0.3, 0.4) is 0 Å². The maximum absolute atomic E-state index is 12.1. The summed E-state index contributed by atoms with van der Waals surface area (Å²) in [5, 5.41) is 0. The van der Waals surface area contributed by atoms with Crippen molar-refractivity contribution in [3.63, 3.8) is 0 Å². The molecule has 1 aliphatic carbocycles. The highest BCUT2D eigenvalue weighted by Crippen LogP contribution is 2.31. The fraction of sp³-hybridized carbons (Fsp3) is 0.909. The van der Waals surface area contributed by atoms with Crippen LogP contribution in [0.15, 0.2) is 0 Å². The van der Waals surface area contributed by atoms with Crippen LogP contribution in [0.2, 0.25) is 0 Å². The van der Waals surface area contributed by atoms with Gasteiger partial charge in [0.2, 0.25) is 5.91 Å². The summed E-state index contributed by atoms with van der Waals surface area (Å²) < 4.78 is 0. The number of nitrogens with zero attached hydrogens (tertiary/aromatic N) is 1. The van der Waals surface area contributed by atoms with Crippen molar-refractivity contribution < 1.29 is 4.79 Å². The molecule has 0 bridgehead atoms. The van der Waals surface area contributed by atoms with Gasteiger partial charge in [-0.3, -0.25) is 4.79 Å². The fourth-order valence-corrected chi connectivity index (χ4v) is 2.59. The van der Waals surface area contributed by atoms with Crippen molar-refractivity contribution in [1.29, 1.82) is 0 Å². The van der Waals surface area contributed by atoms with E-state index in [9.17, 15) is 4.79 Å². The van der Waals surface area contributed by atoms with Crippen LogP contribution in [0.4, 0.5) is 0 Å². The van der Waals surface area contributed by atoms with Crippen LogP contribution in [0.1, 0.15) is 44.9 Å². The van der Waals surface area contributed by atoms with E-state index in [2.05, 4.69) is 0 Å². The molecule has 1 amide bonds. The molecule has 0 unspecified atom stereocenters. The smallest absolute Gasteiger partial charge is 0.244 e. The Balaban J connectivity index is 1.98. The van der Waals surface area contributed by atoms with Crippen molar-refractivity contribution >= 4 is 5.91 Å². The van der Waals surface area contributed by atoms with Gasteiger partial charge in [-0.25, -0.2) is 5.73 Å². The van der Waals surface area contributed by atoms with E-state index >= 15 is 0 Å². The third kappa shape index (κ3) is 1.78. The predicted molar refractivity (Wildman–Crippen MR) is 54.7 cm³/mol. The Bertz CT molecular complexity index is 215. The highest BCUT2D eigenvalue weighted by atomic mass is 16.2. The molecule has 2 rings (SSSR count). The lowest BCUT2D eigenvalue weighted by Gasteiger charge is -2.33. The second-order valence-corrected chi connectivity index (χ2v) is 4.64. The van der Waals surface area contributed by atoms with Gasteiger partial charge in [-0.1, -0.05) is 12.8 Å². The molecule has 1 radical (unpaired) electrons. The standard InChI is InChI=1S/C11H19N2O/c12-11(6-2-3-7-11)10(14)13-8-4-1-5-9-13/h12H,1-9H2. The summed E-state index contributed by atoms with van der Waals surface area (Å²) in [6, 6.07) is 0. The summed E-state index contributed by atoms with van der Waals surface area (Å²) in [6.07, 6.45) is 7.18. The van der Waals surface area contributed by atoms with Gasteiger partial charge in [-0.2, -0.15) is 0 Å². The van der Waals surface area contributed by atoms with Gasteiger partial charge < -0.3 is 4.90 Å². The summed E-state index contributed by atoms with van der Waals surface area (Å²) >= 11 is 0. The van der Waals surface area contributed by atoms with Crippen LogP contribution in [-0.4, -0.2) is 29.4 Å². The molecule has 0 aromatic carbocycles. The van der Waals surface area contributed by atoms with Crippen molar-refractivity contribution in [3.8, 4) is 0 Å². The minimum absolute atomic E-state index is 0.106. The van der Waals surface area contributed by atoms with E-state index in [1.165, 1.54) is 6.42 Å². The molecule has 0 aromatic heterocycles. The zero-order valence-electron chi connectivity index (χ0n) is 8.72. The van der Waals surface area contributed by atoms with Gasteiger partial charge in [0.15, 0.2) is 0 Å². The Morgan fingerprint density at radius 2 is 1.57 bits per heavy atom. The van der Waals surface area contributed by atoms with Crippen LogP contribution in [0.5, 0.6) is 0 Å². The molecule has 1 aliphatic heterocycles. The monoisotopic (exact) mass is 195 g/mol. The molecule has 0 spiro atoms. The van der Waals surface area contributed by atoms with Gasteiger partial charge in [0.05, 0.1) is 0 Å². The molecule has 0 atom stereocenters. The van der Waals surface area contributed by atoms with Gasteiger partial charge in [0.1, 0.15) is 5.54 Å². The number of hydrogen-bond donors (Lipinski definition) is 0. The largest absolute Gasteiger partial charge is 0.341 e. The number of carbonyl (C=O) groups excluding carboxylic acids is 1. The van der Waals surface area contributed by atoms with E-state index in [1.54, 1.807) is 0 Å². The Labute approximate surface area is 85.6 Å². The zero-order chi connectivity index (χ0) is 10.0. The normalized spacial score (nSPS) is 26.5. The maximum atomic E-state index is 12.1. The number of piperidine rings is 1. The lowest BCUT2D eigenvalue weighted by molar-refractivity contribution is -0.138. The molecule has 2 aliphatic rings. The van der Waals surface area contributed by atoms with Crippen molar-refractivity contribution in [2.45, 2.75) is 50.5 Å². The van der Waals surface area contributed by atoms with E-state index in [4.69, 9.17) is 5.73 Å². The van der Waals surface area contributed by atoms with Crippen molar-refractivity contribution in [2.24, 2.45) is 0 Å². The summed E-state index contributed by atoms with van der Waals surface area (Å²) in [6.45, 7) is 1.78. The van der Waals surface area contributed by atoms with E-state index in [0.29, 0.717) is 0 Å². The van der Waals surface area contributed by atoms with Crippen LogP contribution in [-0.2, 0) is 4.79 Å². The van der Waals surface area contributed by atoms with Crippen molar-refractivity contribution in [3.05, 3.63) is 0 Å². The number of carbonyl (C=O) groups is 1. The first-order valence-electron chi connectivity index (χ1n) is 5.77. The van der Waals surface area contributed by atoms with Gasteiger partial charge >= 0.3 is 0 Å². The highest BCUT2D eigenvalue weighted by Gasteiger charge is 2.40. The SMILES string of the molecule is [NH]C1(C(=O)N2CCCCC2)CCCC1. The summed E-state index contributed by atoms with van der Waals surface area (Å²) in [5.74, 6) is 0.106. The third-order valence-corrected chi connectivity index (χ3v) is 3.51. The van der Waals surface area contributed by atoms with Gasteiger partial charge in [0, 0.05) is 13.1 Å². The van der Waals surface area contributed by atoms with E-state index in [-0.39, 0.29) is 5.91 Å². The van der Waals surface area contributed by atoms with Crippen LogP contribution in [0, 0.1) is 0 Å². The van der Waals surface area contributed by atoms with Crippen LogP contribution < -0.4 is 5.73 Å². The van der Waals surface area contributed by atoms with Crippen LogP contribution in [0.25, 0.3) is 0 Å². The second-order valence-electron chi connectivity index (χ2n) is 4.64. The fourth-order valence-electron chi connectivity index (χ4n) is 2.59. The molecule has 2 fully saturated rings. The van der Waals surface area contributed by atoms with Gasteiger partial charge in [0.25, 0.3) is 0 Å². The molecule has 1 saturated heterocycles. The lowest BCUT2D eigenvalue weighted by Crippen LogP contribution is -2.50. The zero-order valence-corrected chi connectivity index (χ0v) is 8.72. The first kappa shape index (κ1) is 9.97. The number of hydrogen-bond acceptors (Lipinski definition) is 1. The Morgan fingerprint density at radius 3 is 2.14 bits per heavy atom. The molecule has 3 heteroatoms. The molecule has 1 N–H and O–H groups in total. The molecular weight excluding hydrogens is 176 g/mol. The number of amides is 1. The Hall–Kier alpha value is -0.570. The average molecular weight is 195 g/mol. The Kier molecular flexibility index (Phi) is 2.77. The maximum Gasteiger partial charge on any atom is 0.244 e. The molecule has 1 saturated carbocycles. The molecule has 0 aromatic rings.